The SMILES string of the molecule is COC(=O)CCCCCCC(=O)OCC[N+](C)(C)C. The van der Waals surface area contributed by atoms with Gasteiger partial charge in [-0.05, 0) is 12.8 Å². The predicted molar refractivity (Wildman–Crippen MR) is 73.6 cm³/mol. The van der Waals surface area contributed by atoms with E-state index in [-0.39, 0.29) is 11.9 Å². The van der Waals surface area contributed by atoms with Crippen LogP contribution in [0.5, 0.6) is 0 Å². The van der Waals surface area contributed by atoms with Crippen molar-refractivity contribution in [2.24, 2.45) is 0 Å². The van der Waals surface area contributed by atoms with E-state index in [4.69, 9.17) is 4.74 Å². The van der Waals surface area contributed by atoms with Crippen LogP contribution in [0.15, 0.2) is 0 Å². The first-order chi connectivity index (χ1) is 8.85. The molecule has 0 saturated heterocycles. The Bertz CT molecular complexity index is 271. The predicted octanol–water partition coefficient (Wildman–Crippen LogP) is 1.75. The van der Waals surface area contributed by atoms with Crippen LogP contribution in [0.25, 0.3) is 0 Å². The number of unbranched alkanes of at least 4 members (excludes halogenated alkanes) is 3. The molecule has 0 spiro atoms. The molecule has 0 unspecified atom stereocenters. The number of quaternary nitrogens is 1. The van der Waals surface area contributed by atoms with E-state index in [2.05, 4.69) is 25.9 Å². The molecule has 0 aliphatic carbocycles. The van der Waals surface area contributed by atoms with Crippen molar-refractivity contribution in [3.8, 4) is 0 Å². The second-order valence-corrected chi connectivity index (χ2v) is 5.72. The highest BCUT2D eigenvalue weighted by molar-refractivity contribution is 5.69. The first-order valence-corrected chi connectivity index (χ1v) is 6.88. The average Bonchev–Trinajstić information content (AvgIpc) is 2.31. The molecule has 0 aromatic heterocycles. The number of hydrogen-bond donors (Lipinski definition) is 0. The fourth-order valence-corrected chi connectivity index (χ4v) is 1.50. The molecule has 0 rings (SSSR count). The van der Waals surface area contributed by atoms with Crippen LogP contribution in [0.2, 0.25) is 0 Å². The topological polar surface area (TPSA) is 52.6 Å². The van der Waals surface area contributed by atoms with Crippen molar-refractivity contribution in [1.82, 2.24) is 0 Å². The van der Waals surface area contributed by atoms with Crippen LogP contribution in [0.1, 0.15) is 38.5 Å². The van der Waals surface area contributed by atoms with Gasteiger partial charge in [0.2, 0.25) is 0 Å². The Morgan fingerprint density at radius 1 is 0.895 bits per heavy atom. The number of esters is 2. The maximum Gasteiger partial charge on any atom is 0.305 e. The molecule has 0 aromatic carbocycles. The van der Waals surface area contributed by atoms with Crippen molar-refractivity contribution < 1.29 is 23.5 Å². The summed E-state index contributed by atoms with van der Waals surface area (Å²) in [4.78, 5) is 22.3. The molecule has 0 amide bonds. The third-order valence-corrected chi connectivity index (χ3v) is 2.76. The van der Waals surface area contributed by atoms with Gasteiger partial charge in [0, 0.05) is 12.8 Å². The molecule has 0 bridgehead atoms. The van der Waals surface area contributed by atoms with Gasteiger partial charge in [0.15, 0.2) is 0 Å². The number of likely N-dealkylation sites (N-methyl/N-ethyl adjacent to an activating group) is 1. The number of nitrogens with zero attached hydrogens (tertiary/aromatic N) is 1. The zero-order chi connectivity index (χ0) is 14.7. The van der Waals surface area contributed by atoms with E-state index < -0.39 is 0 Å². The van der Waals surface area contributed by atoms with Gasteiger partial charge in [-0.3, -0.25) is 9.59 Å². The Hall–Kier alpha value is -1.10. The normalized spacial score (nSPS) is 11.2. The highest BCUT2D eigenvalue weighted by Crippen LogP contribution is 2.06. The molecule has 5 nitrogen and oxygen atoms in total. The number of carbonyl (C=O) groups excluding carboxylic acids is 2. The zero-order valence-corrected chi connectivity index (χ0v) is 12.7. The van der Waals surface area contributed by atoms with Crippen molar-refractivity contribution in [2.75, 3.05) is 41.4 Å². The summed E-state index contributed by atoms with van der Waals surface area (Å²) in [5, 5.41) is 0. The molecule has 0 fully saturated rings. The fourth-order valence-electron chi connectivity index (χ4n) is 1.50. The van der Waals surface area contributed by atoms with E-state index in [1.807, 2.05) is 0 Å². The summed E-state index contributed by atoms with van der Waals surface area (Å²) in [6.45, 7) is 1.30. The maximum atomic E-state index is 11.4. The summed E-state index contributed by atoms with van der Waals surface area (Å²) in [5.74, 6) is -0.291. The van der Waals surface area contributed by atoms with Crippen molar-refractivity contribution in [3.63, 3.8) is 0 Å². The Morgan fingerprint density at radius 3 is 1.89 bits per heavy atom. The molecular formula is C14H28NO4+. The smallest absolute Gasteiger partial charge is 0.305 e. The van der Waals surface area contributed by atoms with Gasteiger partial charge in [0.05, 0.1) is 28.3 Å². The van der Waals surface area contributed by atoms with E-state index in [1.54, 1.807) is 0 Å². The van der Waals surface area contributed by atoms with Gasteiger partial charge < -0.3 is 14.0 Å². The van der Waals surface area contributed by atoms with Crippen LogP contribution in [0, 0.1) is 0 Å². The second kappa shape index (κ2) is 9.78. The van der Waals surface area contributed by atoms with E-state index in [0.29, 0.717) is 19.4 Å². The summed E-state index contributed by atoms with van der Waals surface area (Å²) in [6.07, 6.45) is 4.47. The van der Waals surface area contributed by atoms with Gasteiger partial charge >= 0.3 is 11.9 Å². The molecule has 0 radical (unpaired) electrons. The highest BCUT2D eigenvalue weighted by atomic mass is 16.5. The quantitative estimate of drug-likeness (QED) is 0.346. The second-order valence-electron chi connectivity index (χ2n) is 5.72. The first-order valence-electron chi connectivity index (χ1n) is 6.88. The largest absolute Gasteiger partial charge is 0.469 e. The third-order valence-electron chi connectivity index (χ3n) is 2.76. The number of rotatable bonds is 10. The lowest BCUT2D eigenvalue weighted by Crippen LogP contribution is -2.37. The van der Waals surface area contributed by atoms with Crippen LogP contribution in [0.4, 0.5) is 0 Å². The molecule has 112 valence electrons. The van der Waals surface area contributed by atoms with E-state index in [0.717, 1.165) is 36.7 Å². The van der Waals surface area contributed by atoms with Gasteiger partial charge in [0.25, 0.3) is 0 Å². The lowest BCUT2D eigenvalue weighted by atomic mass is 10.1. The summed E-state index contributed by atoms with van der Waals surface area (Å²) in [7, 11) is 7.59. The maximum absolute atomic E-state index is 11.4. The minimum atomic E-state index is -0.167. The number of hydrogen-bond acceptors (Lipinski definition) is 4. The molecule has 0 N–H and O–H groups in total. The van der Waals surface area contributed by atoms with Crippen LogP contribution in [-0.2, 0) is 19.1 Å². The van der Waals surface area contributed by atoms with Crippen LogP contribution < -0.4 is 0 Å². The van der Waals surface area contributed by atoms with E-state index in [1.165, 1.54) is 7.11 Å². The summed E-state index contributed by atoms with van der Waals surface area (Å²) >= 11 is 0. The summed E-state index contributed by atoms with van der Waals surface area (Å²) < 4.78 is 10.5. The minimum Gasteiger partial charge on any atom is -0.469 e. The first kappa shape index (κ1) is 17.9. The fraction of sp³-hybridized carbons (Fsp3) is 0.857. The molecule has 0 heterocycles. The molecule has 0 aromatic rings. The zero-order valence-electron chi connectivity index (χ0n) is 12.7. The Labute approximate surface area is 116 Å². The molecule has 5 heteroatoms. The molecule has 0 aliphatic rings. The number of carbonyl (C=O) groups is 2. The standard InChI is InChI=1S/C14H28NO4/c1-15(2,3)11-12-19-14(17)10-8-6-5-7-9-13(16)18-4/h5-12H2,1-4H3/q+1. The molecule has 0 saturated carbocycles. The van der Waals surface area contributed by atoms with E-state index >= 15 is 0 Å². The highest BCUT2D eigenvalue weighted by Gasteiger charge is 2.09. The van der Waals surface area contributed by atoms with Gasteiger partial charge in [0.1, 0.15) is 13.2 Å². The van der Waals surface area contributed by atoms with Gasteiger partial charge in [-0.15, -0.1) is 0 Å². The Morgan fingerprint density at radius 2 is 1.42 bits per heavy atom. The number of methoxy groups -OCH3 is 1. The van der Waals surface area contributed by atoms with Gasteiger partial charge in [-0.2, -0.15) is 0 Å². The van der Waals surface area contributed by atoms with Crippen molar-refractivity contribution in [2.45, 2.75) is 38.5 Å². The van der Waals surface area contributed by atoms with Crippen molar-refractivity contribution in [3.05, 3.63) is 0 Å². The number of ether oxygens (including phenoxy) is 2. The van der Waals surface area contributed by atoms with Crippen LogP contribution >= 0.6 is 0 Å². The molecule has 19 heavy (non-hydrogen) atoms. The van der Waals surface area contributed by atoms with Crippen LogP contribution in [0.3, 0.4) is 0 Å². The molecular weight excluding hydrogens is 246 g/mol. The monoisotopic (exact) mass is 274 g/mol. The lowest BCUT2D eigenvalue weighted by Gasteiger charge is -2.23. The van der Waals surface area contributed by atoms with Crippen LogP contribution in [-0.4, -0.2) is 57.8 Å². The van der Waals surface area contributed by atoms with Gasteiger partial charge in [-0.1, -0.05) is 12.8 Å². The minimum absolute atomic E-state index is 0.124. The third kappa shape index (κ3) is 13.1. The molecule has 0 atom stereocenters. The Kier molecular flexibility index (Phi) is 9.21. The average molecular weight is 274 g/mol. The Balaban J connectivity index is 3.37. The van der Waals surface area contributed by atoms with Crippen molar-refractivity contribution >= 4 is 11.9 Å². The van der Waals surface area contributed by atoms with Gasteiger partial charge in [-0.25, -0.2) is 0 Å². The van der Waals surface area contributed by atoms with Crippen molar-refractivity contribution in [1.29, 1.82) is 0 Å². The van der Waals surface area contributed by atoms with E-state index in [9.17, 15) is 9.59 Å². The summed E-state index contributed by atoms with van der Waals surface area (Å²) in [5.41, 5.74) is 0. The lowest BCUT2D eigenvalue weighted by molar-refractivity contribution is -0.870. The summed E-state index contributed by atoms with van der Waals surface area (Å²) in [6, 6.07) is 0. The molecule has 0 aliphatic heterocycles.